The van der Waals surface area contributed by atoms with Crippen molar-refractivity contribution in [3.8, 4) is 0 Å². The first-order chi connectivity index (χ1) is 8.58. The molecule has 0 saturated carbocycles. The Hall–Kier alpha value is -2.15. The highest BCUT2D eigenvalue weighted by Gasteiger charge is 2.16. The third-order valence-corrected chi connectivity index (χ3v) is 2.91. The zero-order valence-electron chi connectivity index (χ0n) is 9.13. The number of nitrogens with one attached hydrogen (secondary N) is 1. The molecular weight excluding hydrogens is 300 g/mol. The molecule has 1 aromatic heterocycles. The van der Waals surface area contributed by atoms with E-state index < -0.39 is 4.92 Å². The monoisotopic (exact) mass is 308 g/mol. The number of nitrogens with two attached hydrogens (primary N) is 1. The summed E-state index contributed by atoms with van der Waals surface area (Å²) in [5.74, 6) is 0.335. The molecule has 0 bridgehead atoms. The van der Waals surface area contributed by atoms with Gasteiger partial charge in [0.1, 0.15) is 5.82 Å². The number of nitro groups is 1. The zero-order chi connectivity index (χ0) is 13.1. The molecule has 7 heteroatoms. The molecule has 0 aliphatic heterocycles. The molecule has 0 aliphatic carbocycles. The van der Waals surface area contributed by atoms with Crippen LogP contribution >= 0.6 is 15.9 Å². The standard InChI is InChI=1S/C11H9BrN4O2/c12-7-3-1-2-4-8(7)14-11-9(16(17)18)5-6-10(13)15-11/h1-6H,(H3,13,14,15). The largest absolute Gasteiger partial charge is 0.384 e. The highest BCUT2D eigenvalue weighted by atomic mass is 79.9. The number of rotatable bonds is 3. The van der Waals surface area contributed by atoms with Crippen LogP contribution in [-0.4, -0.2) is 9.91 Å². The maximum absolute atomic E-state index is 10.9. The van der Waals surface area contributed by atoms with E-state index in [9.17, 15) is 10.1 Å². The van der Waals surface area contributed by atoms with E-state index in [0.717, 1.165) is 4.47 Å². The normalized spacial score (nSPS) is 10.1. The van der Waals surface area contributed by atoms with E-state index in [4.69, 9.17) is 5.73 Å². The Morgan fingerprint density at radius 2 is 2.00 bits per heavy atom. The summed E-state index contributed by atoms with van der Waals surface area (Å²) in [6, 6.07) is 9.96. The van der Waals surface area contributed by atoms with Gasteiger partial charge in [-0.3, -0.25) is 10.1 Å². The van der Waals surface area contributed by atoms with E-state index in [1.165, 1.54) is 12.1 Å². The van der Waals surface area contributed by atoms with Crippen LogP contribution in [0.4, 0.5) is 23.0 Å². The lowest BCUT2D eigenvalue weighted by Gasteiger charge is -2.08. The number of halogens is 1. The van der Waals surface area contributed by atoms with E-state index in [-0.39, 0.29) is 17.3 Å². The van der Waals surface area contributed by atoms with Crippen LogP contribution in [0, 0.1) is 10.1 Å². The first-order valence-electron chi connectivity index (χ1n) is 5.00. The smallest absolute Gasteiger partial charge is 0.311 e. The molecule has 3 N–H and O–H groups in total. The summed E-state index contributed by atoms with van der Waals surface area (Å²) in [5, 5.41) is 13.8. The second-order valence-corrected chi connectivity index (χ2v) is 4.32. The van der Waals surface area contributed by atoms with Crippen molar-refractivity contribution in [3.05, 3.63) is 51.0 Å². The highest BCUT2D eigenvalue weighted by molar-refractivity contribution is 9.10. The molecule has 0 unspecified atom stereocenters. The first-order valence-corrected chi connectivity index (χ1v) is 5.79. The lowest BCUT2D eigenvalue weighted by Crippen LogP contribution is -2.02. The number of para-hydroxylation sites is 1. The van der Waals surface area contributed by atoms with Crippen molar-refractivity contribution in [1.29, 1.82) is 0 Å². The summed E-state index contributed by atoms with van der Waals surface area (Å²) in [7, 11) is 0. The molecular formula is C11H9BrN4O2. The third kappa shape index (κ3) is 2.57. The fourth-order valence-corrected chi connectivity index (χ4v) is 1.78. The van der Waals surface area contributed by atoms with Gasteiger partial charge in [0.05, 0.1) is 10.6 Å². The zero-order valence-corrected chi connectivity index (χ0v) is 10.7. The van der Waals surface area contributed by atoms with Crippen molar-refractivity contribution in [3.63, 3.8) is 0 Å². The van der Waals surface area contributed by atoms with Gasteiger partial charge in [0.15, 0.2) is 0 Å². The van der Waals surface area contributed by atoms with E-state index >= 15 is 0 Å². The SMILES string of the molecule is Nc1ccc([N+](=O)[O-])c(Nc2ccccc2Br)n1. The van der Waals surface area contributed by atoms with Crippen molar-refractivity contribution < 1.29 is 4.92 Å². The van der Waals surface area contributed by atoms with Crippen molar-refractivity contribution in [1.82, 2.24) is 4.98 Å². The van der Waals surface area contributed by atoms with E-state index in [1.807, 2.05) is 18.2 Å². The summed E-state index contributed by atoms with van der Waals surface area (Å²) in [6.07, 6.45) is 0. The number of benzene rings is 1. The Labute approximate surface area is 111 Å². The number of nitrogen functional groups attached to an aromatic ring is 1. The lowest BCUT2D eigenvalue weighted by molar-refractivity contribution is -0.384. The van der Waals surface area contributed by atoms with Gasteiger partial charge in [-0.25, -0.2) is 4.98 Å². The van der Waals surface area contributed by atoms with Gasteiger partial charge in [-0.2, -0.15) is 0 Å². The molecule has 0 atom stereocenters. The molecule has 2 aromatic rings. The minimum absolute atomic E-state index is 0.118. The first kappa shape index (κ1) is 12.3. The number of nitrogens with zero attached hydrogens (tertiary/aromatic N) is 2. The summed E-state index contributed by atoms with van der Waals surface area (Å²) >= 11 is 3.34. The van der Waals surface area contributed by atoms with Crippen LogP contribution in [0.3, 0.4) is 0 Å². The van der Waals surface area contributed by atoms with Crippen LogP contribution in [0.15, 0.2) is 40.9 Å². The van der Waals surface area contributed by atoms with E-state index in [1.54, 1.807) is 6.07 Å². The predicted octanol–water partition coefficient (Wildman–Crippen LogP) is 3.08. The van der Waals surface area contributed by atoms with Crippen LogP contribution in [0.2, 0.25) is 0 Å². The van der Waals surface area contributed by atoms with E-state index in [2.05, 4.69) is 26.2 Å². The Balaban J connectivity index is 2.42. The fourth-order valence-electron chi connectivity index (χ4n) is 1.40. The molecule has 0 spiro atoms. The lowest BCUT2D eigenvalue weighted by atomic mass is 10.3. The molecule has 92 valence electrons. The maximum Gasteiger partial charge on any atom is 0.311 e. The number of pyridine rings is 1. The maximum atomic E-state index is 10.9. The van der Waals surface area contributed by atoms with Crippen LogP contribution < -0.4 is 11.1 Å². The summed E-state index contributed by atoms with van der Waals surface area (Å²) in [5.41, 5.74) is 6.09. The van der Waals surface area contributed by atoms with Gasteiger partial charge in [-0.1, -0.05) is 12.1 Å². The molecule has 18 heavy (non-hydrogen) atoms. The molecule has 2 rings (SSSR count). The molecule has 1 heterocycles. The minimum Gasteiger partial charge on any atom is -0.384 e. The second kappa shape index (κ2) is 5.01. The number of hydrogen-bond acceptors (Lipinski definition) is 5. The minimum atomic E-state index is -0.508. The van der Waals surface area contributed by atoms with Crippen LogP contribution in [-0.2, 0) is 0 Å². The van der Waals surface area contributed by atoms with Gasteiger partial charge < -0.3 is 11.1 Å². The molecule has 0 radical (unpaired) electrons. The molecule has 0 fully saturated rings. The number of hydrogen-bond donors (Lipinski definition) is 2. The van der Waals surface area contributed by atoms with Gasteiger partial charge in [0.25, 0.3) is 0 Å². The molecule has 0 amide bonds. The molecule has 0 saturated heterocycles. The average molecular weight is 309 g/mol. The van der Waals surface area contributed by atoms with Gasteiger partial charge >= 0.3 is 5.69 Å². The Morgan fingerprint density at radius 1 is 1.28 bits per heavy atom. The van der Waals surface area contributed by atoms with Crippen LogP contribution in [0.25, 0.3) is 0 Å². The third-order valence-electron chi connectivity index (χ3n) is 2.22. The number of anilines is 3. The predicted molar refractivity (Wildman–Crippen MR) is 72.7 cm³/mol. The van der Waals surface area contributed by atoms with Gasteiger partial charge in [0, 0.05) is 10.5 Å². The van der Waals surface area contributed by atoms with Crippen molar-refractivity contribution >= 4 is 38.9 Å². The molecule has 1 aromatic carbocycles. The quantitative estimate of drug-likeness (QED) is 0.671. The van der Waals surface area contributed by atoms with Crippen LogP contribution in [0.5, 0.6) is 0 Å². The van der Waals surface area contributed by atoms with Crippen LogP contribution in [0.1, 0.15) is 0 Å². The highest BCUT2D eigenvalue weighted by Crippen LogP contribution is 2.30. The second-order valence-electron chi connectivity index (χ2n) is 3.47. The summed E-state index contributed by atoms with van der Waals surface area (Å²) in [4.78, 5) is 14.3. The molecule has 6 nitrogen and oxygen atoms in total. The topological polar surface area (TPSA) is 94.1 Å². The van der Waals surface area contributed by atoms with Gasteiger partial charge in [0.2, 0.25) is 5.82 Å². The van der Waals surface area contributed by atoms with Crippen molar-refractivity contribution in [2.24, 2.45) is 0 Å². The summed E-state index contributed by atoms with van der Waals surface area (Å²) in [6.45, 7) is 0. The average Bonchev–Trinajstić information content (AvgIpc) is 2.32. The fraction of sp³-hybridized carbons (Fsp3) is 0. The summed E-state index contributed by atoms with van der Waals surface area (Å²) < 4.78 is 0.781. The Morgan fingerprint density at radius 3 is 2.67 bits per heavy atom. The Kier molecular flexibility index (Phi) is 3.42. The van der Waals surface area contributed by atoms with Crippen molar-refractivity contribution in [2.45, 2.75) is 0 Å². The van der Waals surface area contributed by atoms with Gasteiger partial charge in [-0.15, -0.1) is 0 Å². The Bertz CT molecular complexity index is 603. The van der Waals surface area contributed by atoms with E-state index in [0.29, 0.717) is 5.69 Å². The molecule has 0 aliphatic rings. The number of aromatic nitrogens is 1. The van der Waals surface area contributed by atoms with Crippen molar-refractivity contribution in [2.75, 3.05) is 11.1 Å². The van der Waals surface area contributed by atoms with Gasteiger partial charge in [-0.05, 0) is 34.1 Å².